The first-order chi connectivity index (χ1) is 65.2. The molecule has 6 aromatic carbocycles. The third-order valence-corrected chi connectivity index (χ3v) is 21.4. The molecule has 12 heterocycles. The second kappa shape index (κ2) is 46.8. The van der Waals surface area contributed by atoms with Gasteiger partial charge in [-0.2, -0.15) is 10.2 Å². The van der Waals surface area contributed by atoms with E-state index in [1.165, 1.54) is 0 Å². The zero-order chi connectivity index (χ0) is 95.3. The average Bonchev–Trinajstić information content (AvgIpc) is 1.65. The van der Waals surface area contributed by atoms with Crippen LogP contribution in [-0.2, 0) is 97.2 Å². The molecular formula is C103H113N21O11. The third kappa shape index (κ3) is 28.2. The Morgan fingerprint density at radius 3 is 1.05 bits per heavy atom. The lowest BCUT2D eigenvalue weighted by molar-refractivity contribution is 0.192. The maximum Gasteiger partial charge on any atom is 0.158 e. The summed E-state index contributed by atoms with van der Waals surface area (Å²) in [4.78, 5) is 27.0. The molecule has 0 saturated heterocycles. The molecule has 12 aromatic heterocycles. The summed E-state index contributed by atoms with van der Waals surface area (Å²) in [5.41, 5.74) is 39.6. The summed E-state index contributed by atoms with van der Waals surface area (Å²) >= 11 is 0. The van der Waals surface area contributed by atoms with Crippen LogP contribution >= 0.6 is 0 Å². The van der Waals surface area contributed by atoms with Crippen LogP contribution in [0.15, 0.2) is 340 Å². The molecule has 0 aliphatic heterocycles. The number of imidazole rings is 6. The molecular weight excluding hydrogens is 1710 g/mol. The second-order valence-corrected chi connectivity index (χ2v) is 33.0. The van der Waals surface area contributed by atoms with Crippen molar-refractivity contribution in [3.8, 4) is 62.8 Å². The van der Waals surface area contributed by atoms with Gasteiger partial charge in [-0.3, -0.25) is 10.2 Å². The Bertz CT molecular complexity index is 6090. The fourth-order valence-electron chi connectivity index (χ4n) is 15.4. The molecule has 0 amide bonds. The number of nitrogens with zero attached hydrogens (tertiary/aromatic N) is 16. The molecule has 0 radical (unpaired) electrons. The first kappa shape index (κ1) is 96.0. The van der Waals surface area contributed by atoms with Gasteiger partial charge in [-0.05, 0) is 174 Å². The molecule has 32 nitrogen and oxygen atoms in total. The normalized spacial score (nSPS) is 11.6. The maximum atomic E-state index is 9.79. The number of phenolic OH excluding ortho intramolecular Hbond substituents is 6. The van der Waals surface area contributed by atoms with Gasteiger partial charge in [0.05, 0.1) is 134 Å². The fourth-order valence-corrected chi connectivity index (χ4v) is 15.4. The lowest BCUT2D eigenvalue weighted by atomic mass is 10.1. The van der Waals surface area contributed by atoms with Gasteiger partial charge in [0.25, 0.3) is 0 Å². The van der Waals surface area contributed by atoms with Crippen molar-refractivity contribution < 1.29 is 54.8 Å². The van der Waals surface area contributed by atoms with Crippen LogP contribution in [0.1, 0.15) is 117 Å². The van der Waals surface area contributed by atoms with Gasteiger partial charge >= 0.3 is 0 Å². The van der Waals surface area contributed by atoms with Crippen LogP contribution in [0.3, 0.4) is 0 Å². The number of phenols is 6. The predicted octanol–water partition coefficient (Wildman–Crippen LogP) is 14.4. The van der Waals surface area contributed by atoms with Crippen LogP contribution in [0.25, 0.3) is 28.3 Å². The molecule has 3 unspecified atom stereocenters. The molecule has 0 saturated carbocycles. The van der Waals surface area contributed by atoms with Crippen molar-refractivity contribution in [2.45, 2.75) is 136 Å². The standard InChI is InChI=1S/C18H20N4O.C18H19N3O2.C17H19N5O.C17H19N3O2.C17H18N2O3.C16H18N4O2/c1-14(19)9-18-17(12-21-7-2-3-8-21)20-13-22(18)11-15-5-4-6-16(23)10-15;1-13(19)7-18-17(9-15-5-6-23-11-15)20-12-21(18)10-14-3-2-4-16(22)8-14;1-12(18)5-17-16(7-14-8-20-21-9-14)19-11-22(17)10-13-3-2-4-15(23)6-13;1-13(21)9-16-17(19-7-2-3-8-19)18-12-20(16)11-14-5-4-6-15(22)10-14;1-12(20)7-16-17(14-5-6-22-10-14)18-11-19(16)9-13-3-2-4-15(21)8-13;1-11(21)5-15-16(13-7-18-19-8-13)17-10-20(15)9-12-3-2-4-14(22)6-12/h2-8,10,13,23H,1,9,11-12,19H2;2-6,8,11-12,22H,1,7,9-10,19H2;2-4,6,8-9,11,23H,1,5,7,10,18H2,(H,20,21);2-8,10,12-13,21-22H,9,11H2,1H3;2-6,8,10-12,20-21H,7,9H2,1H3;2-4,6-8,10-11,21-22H,5,9H2,1H3,(H,18,19). The molecule has 0 aliphatic carbocycles. The highest BCUT2D eigenvalue weighted by Crippen LogP contribution is 2.30. The van der Waals surface area contributed by atoms with E-state index in [0.717, 1.165) is 124 Å². The Morgan fingerprint density at radius 2 is 0.689 bits per heavy atom. The van der Waals surface area contributed by atoms with Gasteiger partial charge in [0.1, 0.15) is 34.5 Å². The van der Waals surface area contributed by atoms with E-state index in [2.05, 4.69) is 79.2 Å². The molecule has 18 rings (SSSR count). The van der Waals surface area contributed by atoms with E-state index in [1.807, 2.05) is 174 Å². The van der Waals surface area contributed by atoms with Crippen molar-refractivity contribution in [3.63, 3.8) is 0 Å². The molecule has 17 N–H and O–H groups in total. The van der Waals surface area contributed by atoms with Gasteiger partial charge in [0.2, 0.25) is 0 Å². The quantitative estimate of drug-likeness (QED) is 0.0182. The lowest BCUT2D eigenvalue weighted by Gasteiger charge is -2.12. The van der Waals surface area contributed by atoms with E-state index in [4.69, 9.17) is 26.0 Å². The number of aromatic hydroxyl groups is 6. The smallest absolute Gasteiger partial charge is 0.158 e. The van der Waals surface area contributed by atoms with Gasteiger partial charge < -0.3 is 109 Å². The topological polar surface area (TPSA) is 461 Å². The minimum absolute atomic E-state index is 0.241. The van der Waals surface area contributed by atoms with Crippen LogP contribution in [0, 0.1) is 0 Å². The number of aliphatic hydroxyl groups excluding tert-OH is 3. The number of furan rings is 2. The Hall–Kier alpha value is -16.6. The summed E-state index contributed by atoms with van der Waals surface area (Å²) < 4.78 is 26.4. The van der Waals surface area contributed by atoms with Gasteiger partial charge in [-0.25, -0.2) is 29.9 Å². The fraction of sp³-hybridized carbons (Fsp3) is 0.204. The van der Waals surface area contributed by atoms with Gasteiger partial charge in [0, 0.05) is 185 Å². The molecule has 135 heavy (non-hydrogen) atoms. The van der Waals surface area contributed by atoms with Crippen LogP contribution in [-0.4, -0.2) is 151 Å². The van der Waals surface area contributed by atoms with Gasteiger partial charge in [-0.15, -0.1) is 0 Å². The van der Waals surface area contributed by atoms with Crippen LogP contribution in [0.5, 0.6) is 34.5 Å². The van der Waals surface area contributed by atoms with E-state index >= 15 is 0 Å². The molecule has 0 bridgehead atoms. The number of aromatic amines is 2. The van der Waals surface area contributed by atoms with Crippen LogP contribution in [0.2, 0.25) is 0 Å². The van der Waals surface area contributed by atoms with Crippen molar-refractivity contribution in [1.29, 1.82) is 0 Å². The maximum absolute atomic E-state index is 9.79. The average molecular weight is 1820 g/mol. The lowest BCUT2D eigenvalue weighted by Crippen LogP contribution is -2.13. The highest BCUT2D eigenvalue weighted by atomic mass is 16.3. The highest BCUT2D eigenvalue weighted by Gasteiger charge is 2.22. The van der Waals surface area contributed by atoms with Gasteiger partial charge in [0.15, 0.2) is 5.82 Å². The summed E-state index contributed by atoms with van der Waals surface area (Å²) in [6.07, 6.45) is 35.6. The first-order valence-electron chi connectivity index (χ1n) is 43.7. The minimum atomic E-state index is -0.467. The third-order valence-electron chi connectivity index (χ3n) is 21.4. The summed E-state index contributed by atoms with van der Waals surface area (Å²) in [6, 6.07) is 54.7. The van der Waals surface area contributed by atoms with E-state index in [1.54, 1.807) is 169 Å². The number of hydrogen-bond acceptors (Lipinski definition) is 22. The number of H-pyrrole nitrogens is 2. The van der Waals surface area contributed by atoms with Crippen molar-refractivity contribution >= 4 is 0 Å². The molecule has 32 heteroatoms. The van der Waals surface area contributed by atoms with Gasteiger partial charge in [-0.1, -0.05) is 92.5 Å². The Kier molecular flexibility index (Phi) is 33.3. The molecule has 0 spiro atoms. The van der Waals surface area contributed by atoms with E-state index in [0.29, 0.717) is 114 Å². The second-order valence-electron chi connectivity index (χ2n) is 33.0. The Morgan fingerprint density at radius 1 is 0.348 bits per heavy atom. The number of aromatic nitrogens is 18. The van der Waals surface area contributed by atoms with Crippen LogP contribution < -0.4 is 17.2 Å². The van der Waals surface area contributed by atoms with Crippen molar-refractivity contribution in [3.05, 3.63) is 427 Å². The number of benzene rings is 6. The molecule has 18 aromatic rings. The van der Waals surface area contributed by atoms with Crippen LogP contribution in [0.4, 0.5) is 0 Å². The largest absolute Gasteiger partial charge is 0.508 e. The number of nitrogens with one attached hydrogen (secondary N) is 2. The van der Waals surface area contributed by atoms with E-state index in [9.17, 15) is 46.0 Å². The zero-order valence-corrected chi connectivity index (χ0v) is 75.4. The minimum Gasteiger partial charge on any atom is -0.508 e. The van der Waals surface area contributed by atoms with Crippen molar-refractivity contribution in [2.24, 2.45) is 17.2 Å². The Labute approximate surface area is 780 Å². The Balaban J connectivity index is 0.000000137. The number of nitrogens with two attached hydrogens (primary N) is 3. The number of rotatable bonds is 33. The van der Waals surface area contributed by atoms with Crippen molar-refractivity contribution in [1.82, 2.24) is 86.8 Å². The van der Waals surface area contributed by atoms with Crippen molar-refractivity contribution in [2.75, 3.05) is 0 Å². The predicted molar refractivity (Wildman–Crippen MR) is 515 cm³/mol. The first-order valence-corrected chi connectivity index (χ1v) is 43.7. The highest BCUT2D eigenvalue weighted by molar-refractivity contribution is 5.61. The monoisotopic (exact) mass is 1820 g/mol. The summed E-state index contributed by atoms with van der Waals surface area (Å²) in [5.74, 6) is 2.33. The summed E-state index contributed by atoms with van der Waals surface area (Å²) in [5, 5.41) is 100. The number of hydrogen-bond donors (Lipinski definition) is 14. The zero-order valence-electron chi connectivity index (χ0n) is 75.4. The summed E-state index contributed by atoms with van der Waals surface area (Å²) in [6.45, 7) is 21.1. The number of allylic oxidation sites excluding steroid dienone is 3. The van der Waals surface area contributed by atoms with E-state index < -0.39 is 18.3 Å². The van der Waals surface area contributed by atoms with E-state index in [-0.39, 0.29) is 34.5 Å². The molecule has 696 valence electrons. The molecule has 0 aliphatic rings. The molecule has 0 fully saturated rings. The number of aliphatic hydroxyl groups is 3. The SMILES string of the molecule is C=C(N)Cc1c(Cc2ccoc2)ncn1Cc1cccc(O)c1.C=C(N)Cc1c(Cc2cn[nH]c2)ncn1Cc1cccc(O)c1.C=C(N)Cc1c(Cn2cccc2)ncn1Cc1cccc(O)c1.CC(O)Cc1c(-c2ccoc2)ncn1Cc1cccc(O)c1.CC(O)Cc1c(-c2cn[nH]c2)ncn1Cc1cccc(O)c1.CC(O)Cc1c(-n2cccc2)ncn1Cc1cccc(O)c1. The summed E-state index contributed by atoms with van der Waals surface area (Å²) in [7, 11) is 0. The molecule has 3 atom stereocenters.